The van der Waals surface area contributed by atoms with Crippen LogP contribution in [0, 0.1) is 12.7 Å². The Hall–Kier alpha value is -5.23. The van der Waals surface area contributed by atoms with E-state index in [4.69, 9.17) is 4.74 Å². The predicted octanol–water partition coefficient (Wildman–Crippen LogP) is 4.52. The van der Waals surface area contributed by atoms with Crippen molar-refractivity contribution >= 4 is 17.7 Å². The number of rotatable bonds is 6. The molecule has 0 saturated carbocycles. The number of likely N-dealkylation sites (tertiary alicyclic amines) is 1. The normalized spacial score (nSPS) is 19.1. The van der Waals surface area contributed by atoms with E-state index in [0.717, 1.165) is 30.5 Å². The Bertz CT molecular complexity index is 1810. The second-order valence-electron chi connectivity index (χ2n) is 12.8. The summed E-state index contributed by atoms with van der Waals surface area (Å²) in [7, 11) is 1.45. The minimum absolute atomic E-state index is 0.147. The van der Waals surface area contributed by atoms with Crippen LogP contribution in [-0.2, 0) is 11.3 Å². The van der Waals surface area contributed by atoms with Gasteiger partial charge in [-0.25, -0.2) is 14.4 Å². The van der Waals surface area contributed by atoms with E-state index < -0.39 is 17.9 Å². The fourth-order valence-electron chi connectivity index (χ4n) is 6.76. The second kappa shape index (κ2) is 16.0. The highest BCUT2D eigenvalue weighted by molar-refractivity contribution is 5.99. The molecule has 260 valence electrons. The van der Waals surface area contributed by atoms with E-state index in [-0.39, 0.29) is 30.0 Å². The van der Waals surface area contributed by atoms with E-state index in [1.807, 2.05) is 29.2 Å². The molecule has 2 aliphatic rings. The lowest BCUT2D eigenvalue weighted by Gasteiger charge is -2.31. The summed E-state index contributed by atoms with van der Waals surface area (Å²) in [5.74, 6) is -0.487. The molecule has 11 nitrogen and oxygen atoms in total. The van der Waals surface area contributed by atoms with Gasteiger partial charge < -0.3 is 19.9 Å². The minimum Gasteiger partial charge on any atom is -0.494 e. The quantitative estimate of drug-likeness (QED) is 0.316. The molecule has 0 radical (unpaired) electrons. The Labute approximate surface area is 291 Å². The number of carbonyl (C=O) groups excluding carboxylic acids is 3. The Morgan fingerprint density at radius 3 is 2.54 bits per heavy atom. The van der Waals surface area contributed by atoms with Crippen molar-refractivity contribution in [2.24, 2.45) is 0 Å². The van der Waals surface area contributed by atoms with E-state index >= 15 is 0 Å². The van der Waals surface area contributed by atoms with Crippen LogP contribution in [0.2, 0.25) is 0 Å². The molecule has 4 heterocycles. The Balaban J connectivity index is 1.26. The van der Waals surface area contributed by atoms with Gasteiger partial charge in [0.05, 0.1) is 24.4 Å². The summed E-state index contributed by atoms with van der Waals surface area (Å²) in [6.07, 6.45) is 7.39. The third kappa shape index (κ3) is 7.97. The number of carbonyl (C=O) groups is 3. The molecule has 1 N–H and O–H groups in total. The number of halogens is 1. The SMILES string of the molecule is COc1cc(CN2CCCCNC(=O)[C@@H]3C[C@@H](CN3C(=O)c3cnc(-c4cccnc4)nc3C)N(C(=O)c3ccccc3)CCC2)ccc1F. The van der Waals surface area contributed by atoms with Crippen LogP contribution in [0.3, 0.4) is 0 Å². The van der Waals surface area contributed by atoms with Gasteiger partial charge in [-0.15, -0.1) is 0 Å². The molecule has 2 atom stereocenters. The topological polar surface area (TPSA) is 121 Å². The van der Waals surface area contributed by atoms with Crippen LogP contribution in [0.25, 0.3) is 11.4 Å². The van der Waals surface area contributed by atoms with Gasteiger partial charge in [0.2, 0.25) is 5.91 Å². The van der Waals surface area contributed by atoms with Crippen LogP contribution in [0.5, 0.6) is 5.75 Å². The summed E-state index contributed by atoms with van der Waals surface area (Å²) in [6.45, 7) is 4.88. The van der Waals surface area contributed by atoms with E-state index in [0.29, 0.717) is 61.7 Å². The molecule has 50 heavy (non-hydrogen) atoms. The summed E-state index contributed by atoms with van der Waals surface area (Å²) in [5.41, 5.74) is 3.01. The standard InChI is InChI=1S/C38H42FN7O4/c1-26-31(23-42-35(43-26)29-12-8-15-40-22-29)38(49)46-25-30-21-33(46)36(47)41-16-6-7-17-44(24-27-13-14-32(39)34(20-27)50-2)18-9-19-45(30)37(48)28-10-4-3-5-11-28/h3-5,8,10-15,20,22-23,30,33H,6-7,9,16-19,21,24-25H2,1-2H3,(H,41,47)/t30-,33-/m0/s1. The first-order valence-corrected chi connectivity index (χ1v) is 17.1. The van der Waals surface area contributed by atoms with Crippen molar-refractivity contribution in [2.45, 2.75) is 51.2 Å². The first-order valence-electron chi connectivity index (χ1n) is 17.1. The Kier molecular flexibility index (Phi) is 11.1. The fourth-order valence-corrected chi connectivity index (χ4v) is 6.76. The van der Waals surface area contributed by atoms with Crippen molar-refractivity contribution in [3.8, 4) is 17.1 Å². The van der Waals surface area contributed by atoms with Gasteiger partial charge in [-0.2, -0.15) is 0 Å². The summed E-state index contributed by atoms with van der Waals surface area (Å²) in [4.78, 5) is 60.9. The van der Waals surface area contributed by atoms with Gasteiger partial charge in [0.1, 0.15) is 6.04 Å². The molecule has 0 aliphatic carbocycles. The van der Waals surface area contributed by atoms with Crippen molar-refractivity contribution in [2.75, 3.05) is 39.8 Å². The van der Waals surface area contributed by atoms with Crippen molar-refractivity contribution in [3.63, 3.8) is 0 Å². The lowest BCUT2D eigenvalue weighted by molar-refractivity contribution is -0.124. The molecule has 6 rings (SSSR count). The number of nitrogens with one attached hydrogen (secondary N) is 1. The van der Waals surface area contributed by atoms with Crippen molar-refractivity contribution in [1.29, 1.82) is 0 Å². The van der Waals surface area contributed by atoms with Crippen LogP contribution in [-0.4, -0.2) is 99.3 Å². The molecule has 0 spiro atoms. The van der Waals surface area contributed by atoms with E-state index in [9.17, 15) is 18.8 Å². The highest BCUT2D eigenvalue weighted by Gasteiger charge is 2.43. The molecule has 0 unspecified atom stereocenters. The number of hydrogen-bond donors (Lipinski definition) is 1. The van der Waals surface area contributed by atoms with Crippen LogP contribution < -0.4 is 10.1 Å². The lowest BCUT2D eigenvalue weighted by atomic mass is 10.1. The van der Waals surface area contributed by atoms with Crippen LogP contribution in [0.4, 0.5) is 4.39 Å². The van der Waals surface area contributed by atoms with E-state index in [1.165, 1.54) is 19.4 Å². The molecule has 4 aromatic rings. The molecular weight excluding hydrogens is 637 g/mol. The van der Waals surface area contributed by atoms with E-state index in [2.05, 4.69) is 25.2 Å². The number of pyridine rings is 1. The first kappa shape index (κ1) is 34.6. The van der Waals surface area contributed by atoms with E-state index in [1.54, 1.807) is 54.5 Å². The monoisotopic (exact) mass is 679 g/mol. The number of ether oxygens (including phenoxy) is 1. The number of fused-ring (bicyclic) bond motifs is 2. The lowest BCUT2D eigenvalue weighted by Crippen LogP contribution is -2.46. The second-order valence-corrected chi connectivity index (χ2v) is 12.8. The number of nitrogens with zero attached hydrogens (tertiary/aromatic N) is 6. The molecule has 3 amide bonds. The average molecular weight is 680 g/mol. The van der Waals surface area contributed by atoms with Crippen molar-refractivity contribution in [3.05, 3.63) is 107 Å². The van der Waals surface area contributed by atoms with Crippen LogP contribution in [0.15, 0.2) is 79.3 Å². The fraction of sp³-hybridized carbons (Fsp3) is 0.368. The highest BCUT2D eigenvalue weighted by Crippen LogP contribution is 2.28. The molecule has 2 bridgehead atoms. The molecular formula is C38H42FN7O4. The Morgan fingerprint density at radius 1 is 0.960 bits per heavy atom. The number of aryl methyl sites for hydroxylation is 1. The van der Waals surface area contributed by atoms with Crippen molar-refractivity contribution < 1.29 is 23.5 Å². The summed E-state index contributed by atoms with van der Waals surface area (Å²) >= 11 is 0. The molecule has 2 aromatic heterocycles. The average Bonchev–Trinajstić information content (AvgIpc) is 3.59. The maximum atomic E-state index is 14.2. The number of hydrogen-bond acceptors (Lipinski definition) is 8. The van der Waals surface area contributed by atoms with Gasteiger partial charge in [0.15, 0.2) is 17.4 Å². The van der Waals surface area contributed by atoms with Gasteiger partial charge in [-0.1, -0.05) is 24.3 Å². The van der Waals surface area contributed by atoms with Gasteiger partial charge >= 0.3 is 0 Å². The molecule has 2 saturated heterocycles. The summed E-state index contributed by atoms with van der Waals surface area (Å²) < 4.78 is 19.3. The minimum atomic E-state index is -0.760. The third-order valence-corrected chi connectivity index (χ3v) is 9.39. The van der Waals surface area contributed by atoms with Gasteiger partial charge in [-0.05, 0) is 81.1 Å². The summed E-state index contributed by atoms with van der Waals surface area (Å²) in [6, 6.07) is 16.5. The zero-order valence-electron chi connectivity index (χ0n) is 28.4. The molecule has 2 aromatic carbocycles. The molecule has 2 fully saturated rings. The predicted molar refractivity (Wildman–Crippen MR) is 186 cm³/mol. The first-order chi connectivity index (χ1) is 24.3. The third-order valence-electron chi connectivity index (χ3n) is 9.39. The van der Waals surface area contributed by atoms with Crippen LogP contribution >= 0.6 is 0 Å². The number of amides is 3. The van der Waals surface area contributed by atoms with Crippen molar-refractivity contribution in [1.82, 2.24) is 35.0 Å². The highest BCUT2D eigenvalue weighted by atomic mass is 19.1. The van der Waals surface area contributed by atoms with Crippen LogP contribution in [0.1, 0.15) is 57.7 Å². The zero-order chi connectivity index (χ0) is 35.0. The number of aromatic nitrogens is 3. The number of benzene rings is 2. The largest absolute Gasteiger partial charge is 0.494 e. The van der Waals surface area contributed by atoms with Gasteiger partial charge in [0.25, 0.3) is 11.8 Å². The Morgan fingerprint density at radius 2 is 1.78 bits per heavy atom. The maximum absolute atomic E-state index is 14.2. The van der Waals surface area contributed by atoms with Gasteiger partial charge in [0, 0.05) is 62.4 Å². The smallest absolute Gasteiger partial charge is 0.258 e. The van der Waals surface area contributed by atoms with Gasteiger partial charge in [-0.3, -0.25) is 24.3 Å². The summed E-state index contributed by atoms with van der Waals surface area (Å²) in [5, 5.41) is 3.06. The number of methoxy groups -OCH3 is 1. The maximum Gasteiger partial charge on any atom is 0.258 e. The zero-order valence-corrected chi connectivity index (χ0v) is 28.4. The molecule has 2 aliphatic heterocycles. The molecule has 12 heteroatoms.